The van der Waals surface area contributed by atoms with Crippen molar-refractivity contribution in [2.75, 3.05) is 26.2 Å². The second-order valence-electron chi connectivity index (χ2n) is 8.64. The Hall–Kier alpha value is -1.84. The molecule has 1 fully saturated rings. The van der Waals surface area contributed by atoms with Gasteiger partial charge >= 0.3 is 0 Å². The van der Waals surface area contributed by atoms with Gasteiger partial charge in [0.05, 0.1) is 0 Å². The molecule has 0 saturated carbocycles. The lowest BCUT2D eigenvalue weighted by Gasteiger charge is -2.33. The van der Waals surface area contributed by atoms with Crippen molar-refractivity contribution in [1.82, 2.24) is 0 Å². The van der Waals surface area contributed by atoms with Crippen LogP contribution in [0.3, 0.4) is 0 Å². The summed E-state index contributed by atoms with van der Waals surface area (Å²) in [6, 6.07) is 17.8. The van der Waals surface area contributed by atoms with Crippen molar-refractivity contribution >= 4 is 0 Å². The Morgan fingerprint density at radius 2 is 1.50 bits per heavy atom. The minimum absolute atomic E-state index is 0.0162. The molecule has 2 N–H and O–H groups in total. The first-order valence-corrected chi connectivity index (χ1v) is 10.1. The van der Waals surface area contributed by atoms with Gasteiger partial charge in [0.25, 0.3) is 0 Å². The molecule has 0 amide bonds. The van der Waals surface area contributed by atoms with Gasteiger partial charge in [-0.1, -0.05) is 30.3 Å². The van der Waals surface area contributed by atoms with Crippen molar-refractivity contribution in [3.63, 3.8) is 0 Å². The molecule has 2 aliphatic rings. The maximum absolute atomic E-state index is 6.12. The van der Waals surface area contributed by atoms with Gasteiger partial charge < -0.3 is 14.5 Å². The molecule has 3 nitrogen and oxygen atoms in total. The van der Waals surface area contributed by atoms with E-state index in [1.54, 1.807) is 9.80 Å². The van der Waals surface area contributed by atoms with E-state index in [1.165, 1.54) is 49.4 Å². The van der Waals surface area contributed by atoms with Crippen LogP contribution in [0.5, 0.6) is 5.75 Å². The van der Waals surface area contributed by atoms with E-state index in [0.29, 0.717) is 0 Å². The van der Waals surface area contributed by atoms with Crippen LogP contribution in [0.4, 0.5) is 0 Å². The van der Waals surface area contributed by atoms with Crippen molar-refractivity contribution in [1.29, 1.82) is 0 Å². The highest BCUT2D eigenvalue weighted by Gasteiger charge is 2.27. The lowest BCUT2D eigenvalue weighted by molar-refractivity contribution is -1.02. The van der Waals surface area contributed by atoms with Crippen molar-refractivity contribution in [2.45, 2.75) is 45.4 Å². The SMILES string of the molecule is CC1(C)CCc2cc(C[NH+]3CC[NH+](Cc4ccccc4)CC3)ccc2O1. The smallest absolute Gasteiger partial charge is 0.127 e. The topological polar surface area (TPSA) is 18.1 Å². The normalized spacial score (nSPS) is 24.5. The number of aryl methyl sites for hydroxylation is 1. The van der Waals surface area contributed by atoms with Gasteiger partial charge in [-0.05, 0) is 50.5 Å². The van der Waals surface area contributed by atoms with Crippen molar-refractivity contribution in [3.05, 3.63) is 65.2 Å². The van der Waals surface area contributed by atoms with Crippen LogP contribution in [0.2, 0.25) is 0 Å². The van der Waals surface area contributed by atoms with E-state index in [1.807, 2.05) is 0 Å². The van der Waals surface area contributed by atoms with Gasteiger partial charge in [-0.3, -0.25) is 0 Å². The summed E-state index contributed by atoms with van der Waals surface area (Å²) in [5.41, 5.74) is 4.31. The summed E-state index contributed by atoms with van der Waals surface area (Å²) in [5.74, 6) is 1.09. The van der Waals surface area contributed by atoms with E-state index in [0.717, 1.165) is 25.1 Å². The molecule has 2 aliphatic heterocycles. The van der Waals surface area contributed by atoms with Crippen LogP contribution in [0.25, 0.3) is 0 Å². The molecule has 26 heavy (non-hydrogen) atoms. The molecule has 0 aliphatic carbocycles. The third-order valence-electron chi connectivity index (χ3n) is 5.92. The average Bonchev–Trinajstić information content (AvgIpc) is 2.64. The third kappa shape index (κ3) is 4.28. The molecule has 2 aromatic carbocycles. The molecular weight excluding hydrogens is 320 g/mol. The Balaban J connectivity index is 1.31. The molecule has 3 heteroatoms. The number of piperazine rings is 1. The highest BCUT2D eigenvalue weighted by molar-refractivity contribution is 5.39. The zero-order chi connectivity index (χ0) is 18.0. The van der Waals surface area contributed by atoms with Crippen LogP contribution in [0.1, 0.15) is 37.0 Å². The largest absolute Gasteiger partial charge is 0.488 e. The van der Waals surface area contributed by atoms with Crippen molar-refractivity contribution < 1.29 is 14.5 Å². The van der Waals surface area contributed by atoms with Crippen LogP contribution < -0.4 is 14.5 Å². The molecule has 0 spiro atoms. The van der Waals surface area contributed by atoms with Crippen LogP contribution in [0.15, 0.2) is 48.5 Å². The number of hydrogen-bond acceptors (Lipinski definition) is 1. The fraction of sp³-hybridized carbons (Fsp3) is 0.478. The van der Waals surface area contributed by atoms with Crippen LogP contribution in [0, 0.1) is 0 Å². The van der Waals surface area contributed by atoms with E-state index < -0.39 is 0 Å². The summed E-state index contributed by atoms with van der Waals surface area (Å²) >= 11 is 0. The Labute approximate surface area is 157 Å². The average molecular weight is 353 g/mol. The molecule has 0 atom stereocenters. The van der Waals surface area contributed by atoms with E-state index in [4.69, 9.17) is 4.74 Å². The molecule has 2 heterocycles. The van der Waals surface area contributed by atoms with E-state index in [9.17, 15) is 0 Å². The monoisotopic (exact) mass is 352 g/mol. The molecular formula is C23H32N2O+2. The second-order valence-corrected chi connectivity index (χ2v) is 8.64. The van der Waals surface area contributed by atoms with E-state index >= 15 is 0 Å². The van der Waals surface area contributed by atoms with Gasteiger partial charge in [0.2, 0.25) is 0 Å². The summed E-state index contributed by atoms with van der Waals surface area (Å²) in [7, 11) is 0. The number of hydrogen-bond donors (Lipinski definition) is 2. The first-order chi connectivity index (χ1) is 12.6. The maximum atomic E-state index is 6.12. The zero-order valence-electron chi connectivity index (χ0n) is 16.2. The molecule has 0 aromatic heterocycles. The Morgan fingerprint density at radius 1 is 0.846 bits per heavy atom. The molecule has 0 radical (unpaired) electrons. The van der Waals surface area contributed by atoms with Crippen molar-refractivity contribution in [2.24, 2.45) is 0 Å². The summed E-state index contributed by atoms with van der Waals surface area (Å²) in [6.07, 6.45) is 2.25. The highest BCUT2D eigenvalue weighted by Crippen LogP contribution is 2.33. The van der Waals surface area contributed by atoms with Gasteiger partial charge in [-0.15, -0.1) is 0 Å². The van der Waals surface area contributed by atoms with Crippen LogP contribution >= 0.6 is 0 Å². The van der Waals surface area contributed by atoms with Crippen molar-refractivity contribution in [3.8, 4) is 5.75 Å². The first-order valence-electron chi connectivity index (χ1n) is 10.1. The zero-order valence-corrected chi connectivity index (χ0v) is 16.2. The molecule has 138 valence electrons. The van der Waals surface area contributed by atoms with E-state index in [2.05, 4.69) is 62.4 Å². The molecule has 2 aromatic rings. The maximum Gasteiger partial charge on any atom is 0.127 e. The second kappa shape index (κ2) is 7.42. The lowest BCUT2D eigenvalue weighted by atomic mass is 9.93. The molecule has 0 unspecified atom stereocenters. The first kappa shape index (κ1) is 17.6. The molecule has 4 rings (SSSR count). The standard InChI is InChI=1S/C23H30N2O/c1-23(2)11-10-21-16-20(8-9-22(21)26-23)18-25-14-12-24(13-15-25)17-19-6-4-3-5-7-19/h3-9,16H,10-15,17-18H2,1-2H3/p+2. The molecule has 0 bridgehead atoms. The van der Waals surface area contributed by atoms with Crippen LogP contribution in [-0.2, 0) is 19.5 Å². The van der Waals surface area contributed by atoms with Gasteiger partial charge in [-0.25, -0.2) is 0 Å². The van der Waals surface area contributed by atoms with Gasteiger partial charge in [0, 0.05) is 11.1 Å². The van der Waals surface area contributed by atoms with Gasteiger partial charge in [-0.2, -0.15) is 0 Å². The Bertz CT molecular complexity index is 733. The summed E-state index contributed by atoms with van der Waals surface area (Å²) < 4.78 is 6.12. The van der Waals surface area contributed by atoms with Crippen LogP contribution in [-0.4, -0.2) is 31.8 Å². The summed E-state index contributed by atoms with van der Waals surface area (Å²) in [4.78, 5) is 3.44. The number of rotatable bonds is 4. The minimum Gasteiger partial charge on any atom is -0.488 e. The fourth-order valence-electron chi connectivity index (χ4n) is 4.31. The summed E-state index contributed by atoms with van der Waals surface area (Å²) in [6.45, 7) is 11.8. The lowest BCUT2D eigenvalue weighted by Crippen LogP contribution is -3.27. The number of ether oxygens (including phenoxy) is 1. The number of quaternary nitrogens is 2. The third-order valence-corrected chi connectivity index (χ3v) is 5.92. The fourth-order valence-corrected chi connectivity index (χ4v) is 4.31. The highest BCUT2D eigenvalue weighted by atomic mass is 16.5. The predicted octanol–water partition coefficient (Wildman–Crippen LogP) is 1.27. The van der Waals surface area contributed by atoms with Gasteiger partial charge in [0.15, 0.2) is 0 Å². The van der Waals surface area contributed by atoms with E-state index in [-0.39, 0.29) is 5.60 Å². The number of nitrogens with one attached hydrogen (secondary N) is 2. The number of fused-ring (bicyclic) bond motifs is 1. The van der Waals surface area contributed by atoms with Gasteiger partial charge in [0.1, 0.15) is 50.6 Å². The molecule has 1 saturated heterocycles. The quantitative estimate of drug-likeness (QED) is 0.848. The summed E-state index contributed by atoms with van der Waals surface area (Å²) in [5, 5.41) is 0. The minimum atomic E-state index is -0.0162. The Kier molecular flexibility index (Phi) is 5.01. The Morgan fingerprint density at radius 3 is 2.19 bits per heavy atom. The predicted molar refractivity (Wildman–Crippen MR) is 105 cm³/mol. The number of benzene rings is 2.